The number of hydrogen-bond acceptors (Lipinski definition) is 3. The van der Waals surface area contributed by atoms with Gasteiger partial charge in [-0.25, -0.2) is 4.98 Å². The Morgan fingerprint density at radius 1 is 0.893 bits per heavy atom. The number of aromatic amines is 1. The molecule has 3 heterocycles. The van der Waals surface area contributed by atoms with Gasteiger partial charge in [0, 0.05) is 60.8 Å². The highest BCUT2D eigenvalue weighted by Crippen LogP contribution is 2.31. The van der Waals surface area contributed by atoms with Crippen molar-refractivity contribution in [2.45, 2.75) is 0 Å². The Labute approximate surface area is 165 Å². The lowest BCUT2D eigenvalue weighted by Gasteiger charge is -2.34. The van der Waals surface area contributed by atoms with Crippen LogP contribution in [0, 0.1) is 6.07 Å². The van der Waals surface area contributed by atoms with E-state index in [1.54, 1.807) is 0 Å². The Morgan fingerprint density at radius 2 is 1.64 bits per heavy atom. The van der Waals surface area contributed by atoms with Crippen molar-refractivity contribution in [1.29, 1.82) is 0 Å². The number of H-pyrrole nitrogens is 1. The molecule has 2 aromatic heterocycles. The van der Waals surface area contributed by atoms with Gasteiger partial charge in [0.1, 0.15) is 5.65 Å². The summed E-state index contributed by atoms with van der Waals surface area (Å²) in [5, 5.41) is 1.15. The molecule has 0 amide bonds. The van der Waals surface area contributed by atoms with Gasteiger partial charge in [-0.1, -0.05) is 36.4 Å². The maximum Gasteiger partial charge on any atom is 0.137 e. The third kappa shape index (κ3) is 3.16. The van der Waals surface area contributed by atoms with Crippen LogP contribution in [-0.4, -0.2) is 48.1 Å². The molecule has 28 heavy (non-hydrogen) atoms. The minimum Gasteiger partial charge on any atom is -0.369 e. The Morgan fingerprint density at radius 3 is 2.39 bits per heavy atom. The van der Waals surface area contributed by atoms with Crippen LogP contribution < -0.4 is 4.90 Å². The fourth-order valence-electron chi connectivity index (χ4n) is 3.90. The van der Waals surface area contributed by atoms with Crippen molar-refractivity contribution in [2.24, 2.45) is 0 Å². The molecule has 0 spiro atoms. The third-order valence-electron chi connectivity index (χ3n) is 5.63. The molecule has 1 N–H and O–H groups in total. The van der Waals surface area contributed by atoms with Gasteiger partial charge in [-0.2, -0.15) is 0 Å². The van der Waals surface area contributed by atoms with E-state index in [9.17, 15) is 0 Å². The quantitative estimate of drug-likeness (QED) is 0.581. The zero-order valence-electron chi connectivity index (χ0n) is 16.0. The number of aromatic nitrogens is 2. The van der Waals surface area contributed by atoms with Crippen LogP contribution in [-0.2, 0) is 0 Å². The second kappa shape index (κ2) is 7.13. The highest BCUT2D eigenvalue weighted by molar-refractivity contribution is 5.95. The van der Waals surface area contributed by atoms with Crippen LogP contribution in [0.15, 0.2) is 67.0 Å². The lowest BCUT2D eigenvalue weighted by molar-refractivity contribution is 0.313. The molecule has 1 saturated heterocycles. The summed E-state index contributed by atoms with van der Waals surface area (Å²) in [4.78, 5) is 12.8. The number of benzene rings is 2. The van der Waals surface area contributed by atoms with Crippen molar-refractivity contribution in [2.75, 3.05) is 38.1 Å². The van der Waals surface area contributed by atoms with Crippen molar-refractivity contribution in [3.63, 3.8) is 0 Å². The Balaban J connectivity index is 1.46. The number of fused-ring (bicyclic) bond motifs is 1. The molecule has 0 bridgehead atoms. The molecule has 0 unspecified atom stereocenters. The summed E-state index contributed by atoms with van der Waals surface area (Å²) in [6, 6.07) is 22.3. The van der Waals surface area contributed by atoms with E-state index in [1.165, 1.54) is 22.4 Å². The first-order chi connectivity index (χ1) is 13.8. The first-order valence-electron chi connectivity index (χ1n) is 9.75. The second-order valence-corrected chi connectivity index (χ2v) is 7.45. The zero-order chi connectivity index (χ0) is 18.9. The summed E-state index contributed by atoms with van der Waals surface area (Å²) in [5.41, 5.74) is 6.90. The highest BCUT2D eigenvalue weighted by atomic mass is 15.2. The van der Waals surface area contributed by atoms with E-state index in [0.29, 0.717) is 0 Å². The van der Waals surface area contributed by atoms with Gasteiger partial charge in [-0.3, -0.25) is 0 Å². The van der Waals surface area contributed by atoms with Gasteiger partial charge >= 0.3 is 0 Å². The van der Waals surface area contributed by atoms with Crippen LogP contribution in [0.1, 0.15) is 0 Å². The molecular formula is C24H23N4. The zero-order valence-corrected chi connectivity index (χ0v) is 16.0. The van der Waals surface area contributed by atoms with Gasteiger partial charge in [0.2, 0.25) is 0 Å². The summed E-state index contributed by atoms with van der Waals surface area (Å²) in [7, 11) is 2.19. The van der Waals surface area contributed by atoms with E-state index in [4.69, 9.17) is 0 Å². The van der Waals surface area contributed by atoms with E-state index in [1.807, 2.05) is 24.5 Å². The van der Waals surface area contributed by atoms with Crippen LogP contribution >= 0.6 is 0 Å². The summed E-state index contributed by atoms with van der Waals surface area (Å²) in [6.07, 6.45) is 3.99. The Hall–Kier alpha value is -3.11. The summed E-state index contributed by atoms with van der Waals surface area (Å²) in [5.74, 6) is 0. The largest absolute Gasteiger partial charge is 0.369 e. The van der Waals surface area contributed by atoms with Crippen LogP contribution in [0.4, 0.5) is 5.69 Å². The van der Waals surface area contributed by atoms with Crippen LogP contribution in [0.25, 0.3) is 33.3 Å². The maximum atomic E-state index is 4.65. The smallest absolute Gasteiger partial charge is 0.137 e. The average molecular weight is 367 g/mol. The van der Waals surface area contributed by atoms with Crippen LogP contribution in [0.2, 0.25) is 0 Å². The number of hydrogen-bond donors (Lipinski definition) is 1. The molecular weight excluding hydrogens is 344 g/mol. The van der Waals surface area contributed by atoms with Crippen LogP contribution in [0.3, 0.4) is 0 Å². The average Bonchev–Trinajstić information content (AvgIpc) is 3.18. The van der Waals surface area contributed by atoms with Crippen molar-refractivity contribution in [3.8, 4) is 22.3 Å². The lowest BCUT2D eigenvalue weighted by Crippen LogP contribution is -2.44. The fraction of sp³-hybridized carbons (Fsp3) is 0.208. The minimum absolute atomic E-state index is 0.917. The van der Waals surface area contributed by atoms with Gasteiger partial charge in [0.15, 0.2) is 0 Å². The molecule has 0 atom stereocenters. The predicted octanol–water partition coefficient (Wildman–Crippen LogP) is 4.45. The van der Waals surface area contributed by atoms with E-state index in [-0.39, 0.29) is 0 Å². The number of nitrogens with one attached hydrogen (secondary N) is 1. The Kier molecular flexibility index (Phi) is 4.34. The molecule has 1 aliphatic rings. The monoisotopic (exact) mass is 367 g/mol. The van der Waals surface area contributed by atoms with Crippen molar-refractivity contribution in [3.05, 3.63) is 73.1 Å². The standard InChI is InChI=1S/C24H23N4/c1-27-11-13-28(14-12-27)21-9-7-18(8-10-21)20-15-22-23(17-26-24(22)25-16-20)19-5-3-2-4-6-19/h3-10,15-17H,11-14H2,1H3,(H,25,26). The normalized spacial score (nSPS) is 15.2. The molecule has 0 aliphatic carbocycles. The van der Waals surface area contributed by atoms with E-state index in [0.717, 1.165) is 42.8 Å². The number of piperazine rings is 1. The molecule has 1 radical (unpaired) electrons. The topological polar surface area (TPSA) is 35.2 Å². The summed E-state index contributed by atoms with van der Waals surface area (Å²) < 4.78 is 0. The van der Waals surface area contributed by atoms with Gasteiger partial charge in [-0.15, -0.1) is 0 Å². The minimum atomic E-state index is 0.917. The number of rotatable bonds is 3. The summed E-state index contributed by atoms with van der Waals surface area (Å²) >= 11 is 0. The van der Waals surface area contributed by atoms with Crippen molar-refractivity contribution < 1.29 is 0 Å². The first-order valence-corrected chi connectivity index (χ1v) is 9.75. The second-order valence-electron chi connectivity index (χ2n) is 7.45. The molecule has 139 valence electrons. The molecule has 4 nitrogen and oxygen atoms in total. The molecule has 4 heteroatoms. The maximum absolute atomic E-state index is 4.65. The van der Waals surface area contributed by atoms with E-state index >= 15 is 0 Å². The fourth-order valence-corrected chi connectivity index (χ4v) is 3.90. The number of nitrogens with zero attached hydrogens (tertiary/aromatic N) is 3. The van der Waals surface area contributed by atoms with Gasteiger partial charge < -0.3 is 14.8 Å². The van der Waals surface area contributed by atoms with E-state index < -0.39 is 0 Å². The molecule has 1 aliphatic heterocycles. The lowest BCUT2D eigenvalue weighted by atomic mass is 10.0. The molecule has 1 fully saturated rings. The number of anilines is 1. The van der Waals surface area contributed by atoms with Gasteiger partial charge in [0.25, 0.3) is 0 Å². The number of pyridine rings is 1. The first kappa shape index (κ1) is 17.0. The van der Waals surface area contributed by atoms with Crippen LogP contribution in [0.5, 0.6) is 0 Å². The predicted molar refractivity (Wildman–Crippen MR) is 116 cm³/mol. The van der Waals surface area contributed by atoms with Crippen molar-refractivity contribution >= 4 is 16.7 Å². The molecule has 0 saturated carbocycles. The molecule has 4 aromatic rings. The van der Waals surface area contributed by atoms with E-state index in [2.05, 4.69) is 75.3 Å². The molecule has 2 aromatic carbocycles. The summed E-state index contributed by atoms with van der Waals surface area (Å²) in [6.45, 7) is 4.42. The van der Waals surface area contributed by atoms with Gasteiger partial charge in [-0.05, 0) is 42.4 Å². The number of likely N-dealkylation sites (N-methyl/N-ethyl adjacent to an activating group) is 1. The molecule has 5 rings (SSSR count). The van der Waals surface area contributed by atoms with Crippen molar-refractivity contribution in [1.82, 2.24) is 14.9 Å². The SMILES string of the molecule is CN1CCN(c2ccc(-c3cnc4[nH]cc(-c5cc[c]cc5)c4c3)cc2)CC1. The third-order valence-corrected chi connectivity index (χ3v) is 5.63. The Bertz CT molecular complexity index is 1070. The van der Waals surface area contributed by atoms with Gasteiger partial charge in [0.05, 0.1) is 0 Å². The highest BCUT2D eigenvalue weighted by Gasteiger charge is 2.14.